The number of hydrogen-bond acceptors (Lipinski definition) is 4. The molecule has 190 valence electrons. The van der Waals surface area contributed by atoms with Gasteiger partial charge in [-0.15, -0.1) is 11.3 Å². The summed E-state index contributed by atoms with van der Waals surface area (Å²) >= 11 is 1.56. The number of fused-ring (bicyclic) bond motifs is 1. The number of rotatable bonds is 7. The third kappa shape index (κ3) is 5.81. The molecule has 0 saturated heterocycles. The minimum absolute atomic E-state index is 0.130. The van der Waals surface area contributed by atoms with Crippen LogP contribution in [0.15, 0.2) is 48.5 Å². The molecule has 36 heavy (non-hydrogen) atoms. The summed E-state index contributed by atoms with van der Waals surface area (Å²) in [5.41, 5.74) is 4.71. The van der Waals surface area contributed by atoms with Gasteiger partial charge in [-0.05, 0) is 71.9 Å². The van der Waals surface area contributed by atoms with Crippen molar-refractivity contribution in [2.45, 2.75) is 59.8 Å². The van der Waals surface area contributed by atoms with E-state index in [0.717, 1.165) is 53.8 Å². The summed E-state index contributed by atoms with van der Waals surface area (Å²) in [4.78, 5) is 27.9. The zero-order chi connectivity index (χ0) is 25.9. The predicted molar refractivity (Wildman–Crippen MR) is 148 cm³/mol. The van der Waals surface area contributed by atoms with Crippen LogP contribution in [0.25, 0.3) is 0 Å². The van der Waals surface area contributed by atoms with Crippen LogP contribution < -0.4 is 15.4 Å². The van der Waals surface area contributed by atoms with E-state index in [2.05, 4.69) is 38.3 Å². The summed E-state index contributed by atoms with van der Waals surface area (Å²) in [6.45, 7) is 8.92. The SMILES string of the molecule is CCc1ccccc1NC(=O)c1c(NC(=O)Cc2ccc(OC)cc2)sc2c1CCC(C(C)(C)C)C2. The minimum atomic E-state index is -0.151. The standard InChI is InChI=1S/C30H36N2O3S/c1-6-20-9-7-8-10-24(20)31-28(34)27-23-16-13-21(30(2,3)4)18-25(23)36-29(27)32-26(33)17-19-11-14-22(35-5)15-12-19/h7-12,14-15,21H,6,13,16-18H2,1-5H3,(H,31,34)(H,32,33). The number of carbonyl (C=O) groups is 2. The average molecular weight is 505 g/mol. The van der Waals surface area contributed by atoms with Crippen LogP contribution in [0.5, 0.6) is 5.75 Å². The highest BCUT2D eigenvalue weighted by Gasteiger charge is 2.34. The van der Waals surface area contributed by atoms with Gasteiger partial charge in [-0.1, -0.05) is 58.0 Å². The van der Waals surface area contributed by atoms with Crippen molar-refractivity contribution in [1.29, 1.82) is 0 Å². The van der Waals surface area contributed by atoms with E-state index in [9.17, 15) is 9.59 Å². The molecule has 5 nitrogen and oxygen atoms in total. The third-order valence-corrected chi connectivity index (χ3v) is 8.31. The molecule has 1 aromatic heterocycles. The van der Waals surface area contributed by atoms with Crippen LogP contribution in [0.3, 0.4) is 0 Å². The van der Waals surface area contributed by atoms with Crippen LogP contribution in [0, 0.1) is 11.3 Å². The summed E-state index contributed by atoms with van der Waals surface area (Å²) in [5.74, 6) is 1.02. The van der Waals surface area contributed by atoms with E-state index in [-0.39, 0.29) is 23.7 Å². The summed E-state index contributed by atoms with van der Waals surface area (Å²) in [7, 11) is 1.62. The molecular formula is C30H36N2O3S. The van der Waals surface area contributed by atoms with Crippen LogP contribution in [-0.4, -0.2) is 18.9 Å². The molecule has 4 rings (SSSR count). The number of amides is 2. The first-order chi connectivity index (χ1) is 17.2. The average Bonchev–Trinajstić information content (AvgIpc) is 3.21. The Balaban J connectivity index is 1.62. The molecule has 1 atom stereocenters. The highest BCUT2D eigenvalue weighted by atomic mass is 32.1. The smallest absolute Gasteiger partial charge is 0.258 e. The molecule has 1 aliphatic rings. The van der Waals surface area contributed by atoms with E-state index in [1.807, 2.05) is 48.5 Å². The van der Waals surface area contributed by atoms with Gasteiger partial charge in [0.15, 0.2) is 0 Å². The topological polar surface area (TPSA) is 67.4 Å². The van der Waals surface area contributed by atoms with E-state index in [0.29, 0.717) is 16.5 Å². The van der Waals surface area contributed by atoms with Crippen molar-refractivity contribution >= 4 is 33.8 Å². The number of para-hydroxylation sites is 1. The lowest BCUT2D eigenvalue weighted by molar-refractivity contribution is -0.115. The highest BCUT2D eigenvalue weighted by Crippen LogP contribution is 2.44. The van der Waals surface area contributed by atoms with Gasteiger partial charge in [0.2, 0.25) is 5.91 Å². The Bertz CT molecular complexity index is 1240. The van der Waals surface area contributed by atoms with Gasteiger partial charge in [-0.25, -0.2) is 0 Å². The Morgan fingerprint density at radius 1 is 1.06 bits per heavy atom. The Morgan fingerprint density at radius 3 is 2.44 bits per heavy atom. The van der Waals surface area contributed by atoms with Gasteiger partial charge < -0.3 is 15.4 Å². The molecule has 2 amide bonds. The number of carbonyl (C=O) groups excluding carboxylic acids is 2. The quantitative estimate of drug-likeness (QED) is 0.368. The molecule has 2 N–H and O–H groups in total. The molecule has 0 radical (unpaired) electrons. The molecule has 0 fully saturated rings. The van der Waals surface area contributed by atoms with Crippen LogP contribution >= 0.6 is 11.3 Å². The van der Waals surface area contributed by atoms with E-state index >= 15 is 0 Å². The second-order valence-electron chi connectivity index (χ2n) is 10.6. The Kier molecular flexibility index (Phi) is 7.84. The van der Waals surface area contributed by atoms with E-state index in [1.54, 1.807) is 18.4 Å². The number of hydrogen-bond donors (Lipinski definition) is 2. The maximum absolute atomic E-state index is 13.7. The highest BCUT2D eigenvalue weighted by molar-refractivity contribution is 7.17. The van der Waals surface area contributed by atoms with Gasteiger partial charge in [0.1, 0.15) is 10.8 Å². The zero-order valence-corrected chi connectivity index (χ0v) is 22.7. The van der Waals surface area contributed by atoms with Crippen LogP contribution in [-0.2, 0) is 30.5 Å². The number of ether oxygens (including phenoxy) is 1. The van der Waals surface area contributed by atoms with Crippen LogP contribution in [0.4, 0.5) is 10.7 Å². The molecule has 1 heterocycles. The molecule has 1 aliphatic carbocycles. The second-order valence-corrected chi connectivity index (χ2v) is 11.7. The fraction of sp³-hybridized carbons (Fsp3) is 0.400. The Labute approximate surface area is 218 Å². The van der Waals surface area contributed by atoms with Crippen LogP contribution in [0.1, 0.15) is 66.0 Å². The van der Waals surface area contributed by atoms with Gasteiger partial charge in [0.25, 0.3) is 5.91 Å². The third-order valence-electron chi connectivity index (χ3n) is 7.14. The van der Waals surface area contributed by atoms with Gasteiger partial charge in [0.05, 0.1) is 19.1 Å². The lowest BCUT2D eigenvalue weighted by atomic mass is 9.72. The number of nitrogens with one attached hydrogen (secondary N) is 2. The van der Waals surface area contributed by atoms with Gasteiger partial charge in [-0.2, -0.15) is 0 Å². The predicted octanol–water partition coefficient (Wildman–Crippen LogP) is 6.90. The van der Waals surface area contributed by atoms with E-state index in [1.165, 1.54) is 4.88 Å². The lowest BCUT2D eigenvalue weighted by Crippen LogP contribution is -2.27. The fourth-order valence-corrected chi connectivity index (χ4v) is 6.23. The molecule has 0 spiro atoms. The number of thiophene rings is 1. The van der Waals surface area contributed by atoms with Gasteiger partial charge in [0, 0.05) is 10.6 Å². The van der Waals surface area contributed by atoms with Crippen molar-refractivity contribution in [2.24, 2.45) is 11.3 Å². The summed E-state index contributed by atoms with van der Waals surface area (Å²) in [6.07, 6.45) is 3.89. The summed E-state index contributed by atoms with van der Waals surface area (Å²) in [6, 6.07) is 15.4. The first-order valence-electron chi connectivity index (χ1n) is 12.7. The second kappa shape index (κ2) is 10.9. The molecule has 6 heteroatoms. The summed E-state index contributed by atoms with van der Waals surface area (Å²) < 4.78 is 5.21. The normalized spacial score (nSPS) is 15.2. The van der Waals surface area contributed by atoms with Crippen molar-refractivity contribution in [3.8, 4) is 5.75 Å². The maximum Gasteiger partial charge on any atom is 0.258 e. The number of anilines is 2. The minimum Gasteiger partial charge on any atom is -0.497 e. The number of aryl methyl sites for hydroxylation is 1. The Hall–Kier alpha value is -3.12. The van der Waals surface area contributed by atoms with Crippen molar-refractivity contribution in [3.05, 3.63) is 75.7 Å². The molecule has 0 saturated carbocycles. The molecular weight excluding hydrogens is 468 g/mol. The van der Waals surface area contributed by atoms with Crippen molar-refractivity contribution < 1.29 is 14.3 Å². The monoisotopic (exact) mass is 504 g/mol. The number of methoxy groups -OCH3 is 1. The molecule has 2 aromatic carbocycles. The zero-order valence-electron chi connectivity index (χ0n) is 21.9. The van der Waals surface area contributed by atoms with Crippen molar-refractivity contribution in [2.75, 3.05) is 17.7 Å². The van der Waals surface area contributed by atoms with Crippen molar-refractivity contribution in [1.82, 2.24) is 0 Å². The summed E-state index contributed by atoms with van der Waals surface area (Å²) in [5, 5.41) is 6.87. The fourth-order valence-electron chi connectivity index (χ4n) is 4.89. The molecule has 0 aliphatic heterocycles. The largest absolute Gasteiger partial charge is 0.497 e. The maximum atomic E-state index is 13.7. The molecule has 1 unspecified atom stereocenters. The van der Waals surface area contributed by atoms with Gasteiger partial charge >= 0.3 is 0 Å². The lowest BCUT2D eigenvalue weighted by Gasteiger charge is -2.33. The first-order valence-corrected chi connectivity index (χ1v) is 13.5. The molecule has 0 bridgehead atoms. The number of benzene rings is 2. The van der Waals surface area contributed by atoms with Crippen molar-refractivity contribution in [3.63, 3.8) is 0 Å². The molecule has 3 aromatic rings. The van der Waals surface area contributed by atoms with E-state index < -0.39 is 0 Å². The Morgan fingerprint density at radius 2 is 1.78 bits per heavy atom. The van der Waals surface area contributed by atoms with E-state index in [4.69, 9.17) is 4.74 Å². The van der Waals surface area contributed by atoms with Gasteiger partial charge in [-0.3, -0.25) is 9.59 Å². The first kappa shape index (κ1) is 26.0. The van der Waals surface area contributed by atoms with Crippen LogP contribution in [0.2, 0.25) is 0 Å².